The van der Waals surface area contributed by atoms with Crippen LogP contribution in [0.25, 0.3) is 11.3 Å². The number of aryl methyl sites for hydroxylation is 1. The third kappa shape index (κ3) is 5.05. The van der Waals surface area contributed by atoms with Crippen LogP contribution >= 0.6 is 0 Å². The van der Waals surface area contributed by atoms with E-state index in [0.717, 1.165) is 41.2 Å². The zero-order valence-corrected chi connectivity index (χ0v) is 18.1. The fourth-order valence-corrected chi connectivity index (χ4v) is 3.75. The Kier molecular flexibility index (Phi) is 6.21. The molecule has 2 amide bonds. The van der Waals surface area contributed by atoms with E-state index >= 15 is 0 Å². The lowest BCUT2D eigenvalue weighted by Crippen LogP contribution is -2.35. The minimum Gasteiger partial charge on any atom is -0.461 e. The fourth-order valence-electron chi connectivity index (χ4n) is 3.75. The first kappa shape index (κ1) is 20.9. The van der Waals surface area contributed by atoms with Gasteiger partial charge in [-0.3, -0.25) is 9.59 Å². The van der Waals surface area contributed by atoms with E-state index in [-0.39, 0.29) is 17.7 Å². The maximum Gasteiger partial charge on any atom is 0.226 e. The summed E-state index contributed by atoms with van der Waals surface area (Å²) in [6, 6.07) is 19.8. The van der Waals surface area contributed by atoms with E-state index in [9.17, 15) is 9.59 Å². The summed E-state index contributed by atoms with van der Waals surface area (Å²) in [5.41, 5.74) is 3.99. The van der Waals surface area contributed by atoms with Crippen molar-refractivity contribution in [2.45, 2.75) is 39.7 Å². The molecule has 1 aromatic heterocycles. The maximum atomic E-state index is 12.7. The average Bonchev–Trinajstić information content (AvgIpc) is 3.22. The number of carbonyl (C=O) groups is 2. The molecular weight excluding hydrogens is 388 g/mol. The van der Waals surface area contributed by atoms with Gasteiger partial charge in [-0.25, -0.2) is 0 Å². The molecule has 0 aliphatic carbocycles. The molecule has 0 bridgehead atoms. The molecule has 160 valence electrons. The van der Waals surface area contributed by atoms with E-state index in [1.54, 1.807) is 0 Å². The highest BCUT2D eigenvalue weighted by Gasteiger charge is 2.24. The Balaban J connectivity index is 1.39. The van der Waals surface area contributed by atoms with Crippen LogP contribution in [0.5, 0.6) is 0 Å². The lowest BCUT2D eigenvalue weighted by molar-refractivity contribution is -0.132. The van der Waals surface area contributed by atoms with Crippen molar-refractivity contribution in [1.29, 1.82) is 0 Å². The second kappa shape index (κ2) is 9.21. The molecule has 4 rings (SSSR count). The number of rotatable bonds is 6. The van der Waals surface area contributed by atoms with E-state index < -0.39 is 0 Å². The zero-order chi connectivity index (χ0) is 21.8. The van der Waals surface area contributed by atoms with Gasteiger partial charge in [-0.1, -0.05) is 44.2 Å². The van der Waals surface area contributed by atoms with Crippen LogP contribution in [0.3, 0.4) is 0 Å². The third-order valence-electron chi connectivity index (χ3n) is 5.65. The summed E-state index contributed by atoms with van der Waals surface area (Å²) in [6.45, 7) is 5.02. The van der Waals surface area contributed by atoms with Crippen LogP contribution in [0.15, 0.2) is 65.1 Å². The molecule has 0 atom stereocenters. The number of benzene rings is 2. The van der Waals surface area contributed by atoms with Gasteiger partial charge in [0.15, 0.2) is 0 Å². The molecule has 5 nitrogen and oxygen atoms in total. The highest BCUT2D eigenvalue weighted by atomic mass is 16.3. The normalized spacial score (nSPS) is 13.2. The van der Waals surface area contributed by atoms with Crippen LogP contribution in [0.1, 0.15) is 37.2 Å². The fraction of sp³-hybridized carbons (Fsp3) is 0.308. The largest absolute Gasteiger partial charge is 0.461 e. The Hall–Kier alpha value is -3.34. The Morgan fingerprint density at radius 2 is 1.81 bits per heavy atom. The second-order valence-electron chi connectivity index (χ2n) is 8.33. The lowest BCUT2D eigenvalue weighted by Gasteiger charge is -2.26. The standard InChI is InChI=1S/C26H28N2O3/c1-18(2)26(30)27-22-11-9-20(10-12-22)24-16-21-17-28(15-14-23(21)31-24)25(29)13-8-19-6-4-3-5-7-19/h3-7,9-12,16,18H,8,13-15,17H2,1-2H3,(H,27,30). The summed E-state index contributed by atoms with van der Waals surface area (Å²) >= 11 is 0. The third-order valence-corrected chi connectivity index (χ3v) is 5.65. The van der Waals surface area contributed by atoms with E-state index in [2.05, 4.69) is 17.4 Å². The van der Waals surface area contributed by atoms with Crippen molar-refractivity contribution in [3.8, 4) is 11.3 Å². The Morgan fingerprint density at radius 3 is 2.52 bits per heavy atom. The minimum atomic E-state index is -0.0603. The van der Waals surface area contributed by atoms with Crippen molar-refractivity contribution in [3.63, 3.8) is 0 Å². The first-order valence-corrected chi connectivity index (χ1v) is 10.8. The molecular formula is C26H28N2O3. The molecule has 31 heavy (non-hydrogen) atoms. The Labute approximate surface area is 183 Å². The van der Waals surface area contributed by atoms with Crippen molar-refractivity contribution in [2.24, 2.45) is 5.92 Å². The highest BCUT2D eigenvalue weighted by molar-refractivity contribution is 5.92. The van der Waals surface area contributed by atoms with E-state index in [4.69, 9.17) is 4.42 Å². The van der Waals surface area contributed by atoms with Crippen molar-refractivity contribution in [1.82, 2.24) is 4.90 Å². The summed E-state index contributed by atoms with van der Waals surface area (Å²) < 4.78 is 6.08. The summed E-state index contributed by atoms with van der Waals surface area (Å²) in [5, 5.41) is 2.90. The van der Waals surface area contributed by atoms with Crippen LogP contribution in [0.2, 0.25) is 0 Å². The quantitative estimate of drug-likeness (QED) is 0.611. The molecule has 1 aliphatic rings. The molecule has 0 saturated carbocycles. The number of nitrogens with one attached hydrogen (secondary N) is 1. The average molecular weight is 417 g/mol. The Morgan fingerprint density at radius 1 is 1.06 bits per heavy atom. The van der Waals surface area contributed by atoms with Gasteiger partial charge < -0.3 is 14.6 Å². The zero-order valence-electron chi connectivity index (χ0n) is 18.1. The topological polar surface area (TPSA) is 62.6 Å². The highest BCUT2D eigenvalue weighted by Crippen LogP contribution is 2.30. The van der Waals surface area contributed by atoms with Crippen LogP contribution in [0.4, 0.5) is 5.69 Å². The maximum absolute atomic E-state index is 12.7. The van der Waals surface area contributed by atoms with Crippen molar-refractivity contribution >= 4 is 17.5 Å². The van der Waals surface area contributed by atoms with Gasteiger partial charge in [0.1, 0.15) is 11.5 Å². The van der Waals surface area contributed by atoms with Gasteiger partial charge in [-0.2, -0.15) is 0 Å². The Bertz CT molecular complexity index is 1050. The number of hydrogen-bond acceptors (Lipinski definition) is 3. The SMILES string of the molecule is CC(C)C(=O)Nc1ccc(-c2cc3c(o2)CCN(C(=O)CCc2ccccc2)C3)cc1. The molecule has 1 aliphatic heterocycles. The summed E-state index contributed by atoms with van der Waals surface area (Å²) in [6.07, 6.45) is 2.02. The minimum absolute atomic E-state index is 0.00163. The summed E-state index contributed by atoms with van der Waals surface area (Å²) in [5.74, 6) is 1.88. The number of hydrogen-bond donors (Lipinski definition) is 1. The van der Waals surface area contributed by atoms with Gasteiger partial charge in [0.25, 0.3) is 0 Å². The van der Waals surface area contributed by atoms with Gasteiger partial charge in [0.2, 0.25) is 11.8 Å². The van der Waals surface area contributed by atoms with Crippen molar-refractivity contribution < 1.29 is 14.0 Å². The van der Waals surface area contributed by atoms with E-state index in [1.165, 1.54) is 5.56 Å². The first-order chi connectivity index (χ1) is 15.0. The molecule has 0 spiro atoms. The molecule has 3 aromatic rings. The van der Waals surface area contributed by atoms with Crippen molar-refractivity contribution in [3.05, 3.63) is 77.6 Å². The number of fused-ring (bicyclic) bond motifs is 1. The molecule has 5 heteroatoms. The number of anilines is 1. The predicted molar refractivity (Wildman–Crippen MR) is 121 cm³/mol. The van der Waals surface area contributed by atoms with Crippen LogP contribution < -0.4 is 5.32 Å². The predicted octanol–water partition coefficient (Wildman–Crippen LogP) is 5.06. The van der Waals surface area contributed by atoms with Gasteiger partial charge in [-0.05, 0) is 42.3 Å². The van der Waals surface area contributed by atoms with E-state index in [0.29, 0.717) is 19.5 Å². The number of amides is 2. The molecule has 2 heterocycles. The summed E-state index contributed by atoms with van der Waals surface area (Å²) in [4.78, 5) is 26.5. The number of carbonyl (C=O) groups excluding carboxylic acids is 2. The van der Waals surface area contributed by atoms with Crippen LogP contribution in [-0.4, -0.2) is 23.3 Å². The van der Waals surface area contributed by atoms with Gasteiger partial charge in [0.05, 0.1) is 0 Å². The van der Waals surface area contributed by atoms with Gasteiger partial charge >= 0.3 is 0 Å². The monoisotopic (exact) mass is 416 g/mol. The molecule has 2 aromatic carbocycles. The van der Waals surface area contributed by atoms with Gasteiger partial charge in [-0.15, -0.1) is 0 Å². The van der Waals surface area contributed by atoms with Crippen LogP contribution in [0, 0.1) is 5.92 Å². The lowest BCUT2D eigenvalue weighted by atomic mass is 10.1. The number of furan rings is 1. The van der Waals surface area contributed by atoms with E-state index in [1.807, 2.05) is 67.3 Å². The second-order valence-corrected chi connectivity index (χ2v) is 8.33. The smallest absolute Gasteiger partial charge is 0.226 e. The molecule has 1 N–H and O–H groups in total. The first-order valence-electron chi connectivity index (χ1n) is 10.8. The molecule has 0 radical (unpaired) electrons. The van der Waals surface area contributed by atoms with Crippen LogP contribution in [-0.2, 0) is 29.0 Å². The molecule has 0 saturated heterocycles. The summed E-state index contributed by atoms with van der Waals surface area (Å²) in [7, 11) is 0. The molecule has 0 fully saturated rings. The molecule has 0 unspecified atom stereocenters. The van der Waals surface area contributed by atoms with Gasteiger partial charge in [0, 0.05) is 48.7 Å². The van der Waals surface area contributed by atoms with Crippen molar-refractivity contribution in [2.75, 3.05) is 11.9 Å². The number of nitrogens with zero attached hydrogens (tertiary/aromatic N) is 1.